The number of rotatable bonds is 7. The summed E-state index contributed by atoms with van der Waals surface area (Å²) in [4.78, 5) is 29.6. The predicted octanol–water partition coefficient (Wildman–Crippen LogP) is 3.08. The van der Waals surface area contributed by atoms with Crippen LogP contribution in [0.15, 0.2) is 34.2 Å². The Balaban J connectivity index is 1.65. The van der Waals surface area contributed by atoms with Crippen LogP contribution in [-0.4, -0.2) is 45.0 Å². The number of aromatic amines is 1. The summed E-state index contributed by atoms with van der Waals surface area (Å²) < 4.78 is 12.5. The first-order chi connectivity index (χ1) is 14.6. The van der Waals surface area contributed by atoms with Gasteiger partial charge in [-0.1, -0.05) is 30.0 Å². The molecule has 1 atom stereocenters. The summed E-state index contributed by atoms with van der Waals surface area (Å²) in [6.07, 6.45) is 1.96. The molecular weight excluding hydrogens is 404 g/mol. The number of pyridine rings is 1. The quantitative estimate of drug-likeness (QED) is 0.456. The van der Waals surface area contributed by atoms with E-state index in [-0.39, 0.29) is 24.4 Å². The van der Waals surface area contributed by atoms with Gasteiger partial charge in [0.2, 0.25) is 0 Å². The van der Waals surface area contributed by atoms with Crippen molar-refractivity contribution in [1.82, 2.24) is 19.7 Å². The van der Waals surface area contributed by atoms with Crippen molar-refractivity contribution in [3.05, 3.63) is 51.6 Å². The molecule has 0 amide bonds. The van der Waals surface area contributed by atoms with E-state index in [1.807, 2.05) is 31.2 Å². The monoisotopic (exact) mass is 428 g/mol. The van der Waals surface area contributed by atoms with E-state index in [1.165, 1.54) is 11.8 Å². The van der Waals surface area contributed by atoms with E-state index in [0.29, 0.717) is 28.7 Å². The van der Waals surface area contributed by atoms with Gasteiger partial charge in [-0.25, -0.2) is 14.7 Å². The number of hydrogen-bond acceptors (Lipinski definition) is 7. The number of aryl methyl sites for hydroxylation is 1. The minimum absolute atomic E-state index is 0.0239. The lowest BCUT2D eigenvalue weighted by Crippen LogP contribution is -2.25. The number of hydrogen-bond donors (Lipinski definition) is 1. The SMILES string of the molecule is CCOC(=O)c1c(CSc2n[nH]c(=O)n2CC2CCCO2)nc2ccccc2c1C. The molecule has 1 unspecified atom stereocenters. The van der Waals surface area contributed by atoms with Gasteiger partial charge < -0.3 is 9.47 Å². The van der Waals surface area contributed by atoms with Gasteiger partial charge >= 0.3 is 11.7 Å². The molecule has 0 spiro atoms. The number of H-pyrrole nitrogens is 1. The standard InChI is InChI=1S/C21H24N4O4S/c1-3-28-19(26)18-13(2)15-8-4-5-9-16(15)22-17(18)12-30-21-24-23-20(27)25(21)11-14-7-6-10-29-14/h4-5,8-9,14H,3,6-7,10-12H2,1-2H3,(H,23,27). The van der Waals surface area contributed by atoms with Crippen molar-refractivity contribution in [3.8, 4) is 0 Å². The lowest BCUT2D eigenvalue weighted by atomic mass is 10.0. The Morgan fingerprint density at radius 3 is 3.00 bits per heavy atom. The second-order valence-electron chi connectivity index (χ2n) is 7.14. The number of esters is 1. The molecule has 1 N–H and O–H groups in total. The van der Waals surface area contributed by atoms with Gasteiger partial charge in [0.05, 0.1) is 36.0 Å². The molecule has 1 aromatic carbocycles. The van der Waals surface area contributed by atoms with E-state index in [9.17, 15) is 9.59 Å². The maximum absolute atomic E-state index is 12.7. The molecular formula is C21H24N4O4S. The van der Waals surface area contributed by atoms with E-state index >= 15 is 0 Å². The number of para-hydroxylation sites is 1. The summed E-state index contributed by atoms with van der Waals surface area (Å²) in [5, 5.41) is 8.15. The molecule has 0 radical (unpaired) electrons. The highest BCUT2D eigenvalue weighted by molar-refractivity contribution is 7.98. The Kier molecular flexibility index (Phi) is 6.19. The Bertz CT molecular complexity index is 1120. The van der Waals surface area contributed by atoms with Crippen molar-refractivity contribution in [2.75, 3.05) is 13.2 Å². The number of thioether (sulfide) groups is 1. The summed E-state index contributed by atoms with van der Waals surface area (Å²) in [6.45, 7) is 5.17. The Labute approximate surface area is 178 Å². The van der Waals surface area contributed by atoms with Gasteiger partial charge in [0.25, 0.3) is 0 Å². The molecule has 3 heterocycles. The van der Waals surface area contributed by atoms with Gasteiger partial charge in [0, 0.05) is 17.7 Å². The fourth-order valence-electron chi connectivity index (χ4n) is 3.72. The van der Waals surface area contributed by atoms with Crippen LogP contribution in [0.1, 0.15) is 41.4 Å². The number of carbonyl (C=O) groups is 1. The molecule has 8 nitrogen and oxygen atoms in total. The largest absolute Gasteiger partial charge is 0.462 e. The highest BCUT2D eigenvalue weighted by Gasteiger charge is 2.23. The molecule has 1 aliphatic rings. The first-order valence-electron chi connectivity index (χ1n) is 10.0. The lowest BCUT2D eigenvalue weighted by Gasteiger charge is -2.14. The number of ether oxygens (including phenoxy) is 2. The second kappa shape index (κ2) is 9.01. The summed E-state index contributed by atoms with van der Waals surface area (Å²) in [5.41, 5.74) is 2.49. The summed E-state index contributed by atoms with van der Waals surface area (Å²) in [7, 11) is 0. The van der Waals surface area contributed by atoms with E-state index in [2.05, 4.69) is 10.2 Å². The first kappa shape index (κ1) is 20.6. The van der Waals surface area contributed by atoms with Gasteiger partial charge in [-0.15, -0.1) is 5.10 Å². The van der Waals surface area contributed by atoms with E-state index < -0.39 is 0 Å². The third kappa shape index (κ3) is 4.13. The average Bonchev–Trinajstić information content (AvgIpc) is 3.37. The van der Waals surface area contributed by atoms with E-state index in [0.717, 1.165) is 35.9 Å². The summed E-state index contributed by atoms with van der Waals surface area (Å²) >= 11 is 1.37. The van der Waals surface area contributed by atoms with Crippen LogP contribution < -0.4 is 5.69 Å². The third-order valence-electron chi connectivity index (χ3n) is 5.18. The predicted molar refractivity (Wildman–Crippen MR) is 114 cm³/mol. The van der Waals surface area contributed by atoms with Gasteiger partial charge in [-0.05, 0) is 38.3 Å². The number of aromatic nitrogens is 4. The molecule has 4 rings (SSSR count). The van der Waals surface area contributed by atoms with Gasteiger partial charge in [0.1, 0.15) is 0 Å². The zero-order chi connectivity index (χ0) is 21.1. The lowest BCUT2D eigenvalue weighted by molar-refractivity contribution is 0.0524. The van der Waals surface area contributed by atoms with Crippen LogP contribution in [0.2, 0.25) is 0 Å². The Morgan fingerprint density at radius 1 is 1.40 bits per heavy atom. The van der Waals surface area contributed by atoms with Crippen LogP contribution >= 0.6 is 11.8 Å². The molecule has 1 fully saturated rings. The fraction of sp³-hybridized carbons (Fsp3) is 0.429. The van der Waals surface area contributed by atoms with Crippen LogP contribution in [0.5, 0.6) is 0 Å². The molecule has 3 aromatic rings. The van der Waals surface area contributed by atoms with Crippen LogP contribution in [0, 0.1) is 6.92 Å². The minimum atomic E-state index is -0.386. The molecule has 158 valence electrons. The third-order valence-corrected chi connectivity index (χ3v) is 6.17. The average molecular weight is 429 g/mol. The number of nitrogens with one attached hydrogen (secondary N) is 1. The Hall–Kier alpha value is -2.65. The molecule has 1 saturated heterocycles. The van der Waals surface area contributed by atoms with Crippen molar-refractivity contribution in [1.29, 1.82) is 0 Å². The molecule has 1 aliphatic heterocycles. The normalized spacial score (nSPS) is 16.3. The maximum atomic E-state index is 12.7. The van der Waals surface area contributed by atoms with E-state index in [4.69, 9.17) is 14.5 Å². The van der Waals surface area contributed by atoms with Gasteiger partial charge in [-0.3, -0.25) is 9.55 Å². The zero-order valence-corrected chi connectivity index (χ0v) is 17.8. The van der Waals surface area contributed by atoms with Crippen LogP contribution in [0.4, 0.5) is 0 Å². The smallest absolute Gasteiger partial charge is 0.344 e. The highest BCUT2D eigenvalue weighted by atomic mass is 32.2. The molecule has 0 bridgehead atoms. The second-order valence-corrected chi connectivity index (χ2v) is 8.08. The van der Waals surface area contributed by atoms with Crippen molar-refractivity contribution >= 4 is 28.6 Å². The molecule has 0 saturated carbocycles. The Morgan fingerprint density at radius 2 is 2.23 bits per heavy atom. The van der Waals surface area contributed by atoms with Crippen molar-refractivity contribution < 1.29 is 14.3 Å². The fourth-order valence-corrected chi connectivity index (χ4v) is 4.62. The molecule has 30 heavy (non-hydrogen) atoms. The molecule has 2 aromatic heterocycles. The summed E-state index contributed by atoms with van der Waals surface area (Å²) in [5.74, 6) is -0.00189. The topological polar surface area (TPSA) is 99.1 Å². The first-order valence-corrected chi connectivity index (χ1v) is 11.0. The summed E-state index contributed by atoms with van der Waals surface area (Å²) in [6, 6.07) is 7.72. The van der Waals surface area contributed by atoms with Gasteiger partial charge in [0.15, 0.2) is 5.16 Å². The van der Waals surface area contributed by atoms with Crippen LogP contribution in [-0.2, 0) is 21.8 Å². The number of fused-ring (bicyclic) bond motifs is 1. The van der Waals surface area contributed by atoms with Crippen molar-refractivity contribution in [2.24, 2.45) is 0 Å². The number of carbonyl (C=O) groups excluding carboxylic acids is 1. The van der Waals surface area contributed by atoms with E-state index in [1.54, 1.807) is 11.5 Å². The van der Waals surface area contributed by atoms with Crippen molar-refractivity contribution in [2.45, 2.75) is 50.2 Å². The minimum Gasteiger partial charge on any atom is -0.462 e. The van der Waals surface area contributed by atoms with Crippen LogP contribution in [0.25, 0.3) is 10.9 Å². The molecule has 9 heteroatoms. The van der Waals surface area contributed by atoms with Crippen molar-refractivity contribution in [3.63, 3.8) is 0 Å². The molecule has 0 aliphatic carbocycles. The van der Waals surface area contributed by atoms with Gasteiger partial charge in [-0.2, -0.15) is 0 Å². The number of benzene rings is 1. The maximum Gasteiger partial charge on any atom is 0.344 e. The number of nitrogens with zero attached hydrogens (tertiary/aromatic N) is 3. The highest BCUT2D eigenvalue weighted by Crippen LogP contribution is 2.28. The zero-order valence-electron chi connectivity index (χ0n) is 17.0. The van der Waals surface area contributed by atoms with Crippen LogP contribution in [0.3, 0.4) is 0 Å².